The van der Waals surface area contributed by atoms with Gasteiger partial charge in [-0.1, -0.05) is 78.9 Å². The van der Waals surface area contributed by atoms with Crippen molar-refractivity contribution in [3.63, 3.8) is 0 Å². The topological polar surface area (TPSA) is 23.6 Å². The van der Waals surface area contributed by atoms with Gasteiger partial charge in [-0.25, -0.2) is 0 Å². The Kier molecular flexibility index (Phi) is 7.63. The lowest BCUT2D eigenvalue weighted by Gasteiger charge is -2.35. The van der Waals surface area contributed by atoms with E-state index in [0.29, 0.717) is 11.8 Å². The first-order valence-electron chi connectivity index (χ1n) is 13.3. The average Bonchev–Trinajstić information content (AvgIpc) is 3.34. The van der Waals surface area contributed by atoms with Gasteiger partial charge in [0.25, 0.3) is 5.91 Å². The summed E-state index contributed by atoms with van der Waals surface area (Å²) >= 11 is 0. The summed E-state index contributed by atoms with van der Waals surface area (Å²) in [6.45, 7) is 3.53. The minimum absolute atomic E-state index is 0.143. The Morgan fingerprint density at radius 3 is 2.09 bits per heavy atom. The molecule has 1 aliphatic heterocycles. The van der Waals surface area contributed by atoms with E-state index < -0.39 is 0 Å². The number of carbonyl (C=O) groups is 1. The highest BCUT2D eigenvalue weighted by molar-refractivity contribution is 5.94. The molecule has 1 saturated carbocycles. The summed E-state index contributed by atoms with van der Waals surface area (Å²) in [4.78, 5) is 17.9. The van der Waals surface area contributed by atoms with E-state index in [1.54, 1.807) is 0 Å². The molecular weight excluding hydrogens is 428 g/mol. The number of nitrogens with zero attached hydrogens (tertiary/aromatic N) is 2. The summed E-state index contributed by atoms with van der Waals surface area (Å²) in [5, 5.41) is 0. The van der Waals surface area contributed by atoms with Crippen LogP contribution in [0.25, 0.3) is 0 Å². The molecule has 2 fully saturated rings. The molecule has 0 aromatic heterocycles. The van der Waals surface area contributed by atoms with Crippen molar-refractivity contribution in [2.24, 2.45) is 11.8 Å². The van der Waals surface area contributed by atoms with Crippen LogP contribution in [0, 0.1) is 11.8 Å². The zero-order valence-electron chi connectivity index (χ0n) is 20.9. The van der Waals surface area contributed by atoms with Crippen LogP contribution in [0.5, 0.6) is 0 Å². The number of carbonyl (C=O) groups excluding carboxylic acids is 1. The number of rotatable bonds is 7. The van der Waals surface area contributed by atoms with Crippen LogP contribution >= 0.6 is 0 Å². The first-order valence-corrected chi connectivity index (χ1v) is 13.3. The Morgan fingerprint density at radius 1 is 0.829 bits per heavy atom. The molecule has 3 aromatic carbocycles. The van der Waals surface area contributed by atoms with Gasteiger partial charge in [-0.2, -0.15) is 0 Å². The molecule has 0 radical (unpaired) electrons. The van der Waals surface area contributed by atoms with Crippen molar-refractivity contribution < 1.29 is 4.79 Å². The zero-order chi connectivity index (χ0) is 24.0. The molecule has 1 saturated heterocycles. The highest BCUT2D eigenvalue weighted by atomic mass is 16.2. The molecule has 182 valence electrons. The molecule has 5 rings (SSSR count). The third-order valence-electron chi connectivity index (χ3n) is 8.35. The number of benzene rings is 3. The third kappa shape index (κ3) is 5.85. The largest absolute Gasteiger partial charge is 0.339 e. The smallest absolute Gasteiger partial charge is 0.253 e. The number of likely N-dealkylation sites (tertiary alicyclic amines) is 1. The quantitative estimate of drug-likeness (QED) is 0.409. The minimum Gasteiger partial charge on any atom is -0.339 e. The highest BCUT2D eigenvalue weighted by Crippen LogP contribution is 2.42. The summed E-state index contributed by atoms with van der Waals surface area (Å²) in [6, 6.07) is 32.0. The van der Waals surface area contributed by atoms with Crippen LogP contribution < -0.4 is 0 Å². The Labute approximate surface area is 210 Å². The Morgan fingerprint density at radius 2 is 1.43 bits per heavy atom. The van der Waals surface area contributed by atoms with E-state index in [2.05, 4.69) is 65.6 Å². The molecule has 3 heteroatoms. The van der Waals surface area contributed by atoms with E-state index in [4.69, 9.17) is 0 Å². The second-order valence-corrected chi connectivity index (χ2v) is 10.6. The van der Waals surface area contributed by atoms with Gasteiger partial charge in [-0.15, -0.1) is 0 Å². The molecule has 0 N–H and O–H groups in total. The van der Waals surface area contributed by atoms with Crippen molar-refractivity contribution in [2.75, 3.05) is 26.7 Å². The highest BCUT2D eigenvalue weighted by Gasteiger charge is 2.39. The zero-order valence-corrected chi connectivity index (χ0v) is 20.9. The standard InChI is InChI=1S/C32H38N2O/c1-33(32(35)28-15-9-4-10-16-28)30-22-29(31(23-30)27-13-7-3-8-14-27)24-34-19-17-26(18-20-34)21-25-11-5-2-6-12-25/h2-16,26,29-31H,17-24H2,1H3/t29-,30?,31-/m1/s1. The summed E-state index contributed by atoms with van der Waals surface area (Å²) in [5.41, 5.74) is 3.69. The second kappa shape index (κ2) is 11.2. The van der Waals surface area contributed by atoms with Crippen LogP contribution in [0.4, 0.5) is 0 Å². The first-order chi connectivity index (χ1) is 17.2. The van der Waals surface area contributed by atoms with Gasteiger partial charge in [0.05, 0.1) is 0 Å². The predicted octanol–water partition coefficient (Wildman–Crippen LogP) is 6.28. The molecule has 1 unspecified atom stereocenters. The van der Waals surface area contributed by atoms with Gasteiger partial charge in [0.2, 0.25) is 0 Å². The molecule has 35 heavy (non-hydrogen) atoms. The van der Waals surface area contributed by atoms with Crippen molar-refractivity contribution in [3.05, 3.63) is 108 Å². The van der Waals surface area contributed by atoms with E-state index in [0.717, 1.165) is 30.9 Å². The molecule has 3 aromatic rings. The normalized spacial score (nSPS) is 23.3. The molecule has 3 nitrogen and oxygen atoms in total. The van der Waals surface area contributed by atoms with Gasteiger partial charge >= 0.3 is 0 Å². The van der Waals surface area contributed by atoms with Crippen LogP contribution in [0.3, 0.4) is 0 Å². The predicted molar refractivity (Wildman–Crippen MR) is 144 cm³/mol. The van der Waals surface area contributed by atoms with Crippen LogP contribution in [0.1, 0.15) is 53.1 Å². The van der Waals surface area contributed by atoms with Crippen LogP contribution in [0.2, 0.25) is 0 Å². The molecular formula is C32H38N2O. The van der Waals surface area contributed by atoms with E-state index in [1.165, 1.54) is 43.5 Å². The fraction of sp³-hybridized carbons (Fsp3) is 0.406. The van der Waals surface area contributed by atoms with E-state index >= 15 is 0 Å². The molecule has 1 amide bonds. The van der Waals surface area contributed by atoms with Crippen molar-refractivity contribution >= 4 is 5.91 Å². The summed E-state index contributed by atoms with van der Waals surface area (Å²) in [5.74, 6) is 2.03. The summed E-state index contributed by atoms with van der Waals surface area (Å²) in [6.07, 6.45) is 5.91. The van der Waals surface area contributed by atoms with Crippen molar-refractivity contribution in [2.45, 2.75) is 44.1 Å². The molecule has 1 heterocycles. The fourth-order valence-corrected chi connectivity index (χ4v) is 6.32. The van der Waals surface area contributed by atoms with Gasteiger partial charge in [-0.05, 0) is 86.2 Å². The Bertz CT molecular complexity index is 1060. The van der Waals surface area contributed by atoms with Gasteiger partial charge < -0.3 is 9.80 Å². The number of piperidine rings is 1. The van der Waals surface area contributed by atoms with Gasteiger partial charge in [0.15, 0.2) is 0 Å². The van der Waals surface area contributed by atoms with Crippen LogP contribution in [-0.2, 0) is 6.42 Å². The van der Waals surface area contributed by atoms with Crippen molar-refractivity contribution in [1.29, 1.82) is 0 Å². The van der Waals surface area contributed by atoms with Crippen LogP contribution in [-0.4, -0.2) is 48.4 Å². The summed E-state index contributed by atoms with van der Waals surface area (Å²) in [7, 11) is 2.00. The molecule has 1 aliphatic carbocycles. The lowest BCUT2D eigenvalue weighted by molar-refractivity contribution is 0.0728. The maximum Gasteiger partial charge on any atom is 0.253 e. The minimum atomic E-state index is 0.143. The lowest BCUT2D eigenvalue weighted by Crippen LogP contribution is -2.39. The SMILES string of the molecule is CN(C(=O)c1ccccc1)C1C[C@H](CN2CCC(Cc3ccccc3)CC2)[C@@H](c2ccccc2)C1. The first kappa shape index (κ1) is 23.8. The molecule has 0 bridgehead atoms. The molecule has 2 aliphatic rings. The summed E-state index contributed by atoms with van der Waals surface area (Å²) < 4.78 is 0. The van der Waals surface area contributed by atoms with Crippen molar-refractivity contribution in [1.82, 2.24) is 9.80 Å². The van der Waals surface area contributed by atoms with Crippen molar-refractivity contribution in [3.8, 4) is 0 Å². The molecule has 0 spiro atoms. The Balaban J connectivity index is 1.23. The lowest BCUT2D eigenvalue weighted by atomic mass is 9.86. The molecule has 3 atom stereocenters. The van der Waals surface area contributed by atoms with E-state index in [9.17, 15) is 4.79 Å². The van der Waals surface area contributed by atoms with Gasteiger partial charge in [-0.3, -0.25) is 4.79 Å². The van der Waals surface area contributed by atoms with E-state index in [-0.39, 0.29) is 11.9 Å². The van der Waals surface area contributed by atoms with Crippen LogP contribution in [0.15, 0.2) is 91.0 Å². The Hall–Kier alpha value is -2.91. The maximum atomic E-state index is 13.2. The van der Waals surface area contributed by atoms with E-state index in [1.807, 2.05) is 42.3 Å². The third-order valence-corrected chi connectivity index (χ3v) is 8.35. The maximum absolute atomic E-state index is 13.2. The monoisotopic (exact) mass is 466 g/mol. The van der Waals surface area contributed by atoms with Gasteiger partial charge in [0, 0.05) is 25.2 Å². The fourth-order valence-electron chi connectivity index (χ4n) is 6.32. The average molecular weight is 467 g/mol. The van der Waals surface area contributed by atoms with Gasteiger partial charge in [0.1, 0.15) is 0 Å². The number of hydrogen-bond donors (Lipinski definition) is 0. The second-order valence-electron chi connectivity index (χ2n) is 10.6. The number of hydrogen-bond acceptors (Lipinski definition) is 2. The number of amides is 1.